The Morgan fingerprint density at radius 1 is 1.86 bits per heavy atom. The number of carbonyl (C=O) groups is 1. The second-order valence-electron chi connectivity index (χ2n) is 2.22. The maximum atomic E-state index is 10.2. The van der Waals surface area contributed by atoms with Crippen LogP contribution >= 0.6 is 0 Å². The van der Waals surface area contributed by atoms with E-state index in [2.05, 4.69) is 0 Å². The highest BCUT2D eigenvalue weighted by molar-refractivity contribution is 5.79. The van der Waals surface area contributed by atoms with E-state index in [1.807, 2.05) is 6.92 Å². The predicted molar refractivity (Wildman–Crippen MR) is 26.5 cm³/mol. The van der Waals surface area contributed by atoms with Crippen molar-refractivity contribution in [2.45, 2.75) is 13.3 Å². The summed E-state index contributed by atoms with van der Waals surface area (Å²) in [6.07, 6.45) is 1.01. The molecule has 0 spiro atoms. The molecule has 1 unspecified atom stereocenters. The fourth-order valence-electron chi connectivity index (χ4n) is 0.719. The highest BCUT2D eigenvalue weighted by Gasteiger charge is 2.37. The molecule has 2 atom stereocenters. The van der Waals surface area contributed by atoms with Crippen molar-refractivity contribution in [3.05, 3.63) is 0 Å². The van der Waals surface area contributed by atoms with Gasteiger partial charge in [0, 0.05) is 5.92 Å². The number of hydrogen-bond acceptors (Lipinski definition) is 1. The summed E-state index contributed by atoms with van der Waals surface area (Å²) in [5.74, 6) is 0.644. The van der Waals surface area contributed by atoms with Crippen LogP contribution in [-0.2, 0) is 4.79 Å². The van der Waals surface area contributed by atoms with E-state index >= 15 is 0 Å². The van der Waals surface area contributed by atoms with Crippen LogP contribution in [0, 0.1) is 11.8 Å². The minimum Gasteiger partial charge on any atom is -0.369 e. The fraction of sp³-hybridized carbons (Fsp3) is 0.800. The number of nitrogens with two attached hydrogens (primary N) is 1. The molecule has 1 aliphatic rings. The van der Waals surface area contributed by atoms with Crippen LogP contribution in [0.1, 0.15) is 13.3 Å². The summed E-state index contributed by atoms with van der Waals surface area (Å²) < 4.78 is 0. The molecule has 0 saturated heterocycles. The number of primary amides is 1. The van der Waals surface area contributed by atoms with Crippen molar-refractivity contribution < 1.29 is 4.79 Å². The zero-order valence-electron chi connectivity index (χ0n) is 4.35. The Labute approximate surface area is 42.7 Å². The third-order valence-electron chi connectivity index (χ3n) is 1.47. The Morgan fingerprint density at radius 3 is 2.29 bits per heavy atom. The average Bonchev–Trinajstić information content (AvgIpc) is 2.17. The van der Waals surface area contributed by atoms with Crippen molar-refractivity contribution in [1.29, 1.82) is 0 Å². The molecule has 40 valence electrons. The Balaban J connectivity index is 2.33. The van der Waals surface area contributed by atoms with Crippen LogP contribution in [0.15, 0.2) is 0 Å². The quantitative estimate of drug-likeness (QED) is 0.498. The largest absolute Gasteiger partial charge is 0.369 e. The zero-order chi connectivity index (χ0) is 5.44. The highest BCUT2D eigenvalue weighted by Crippen LogP contribution is 2.36. The van der Waals surface area contributed by atoms with Gasteiger partial charge in [-0.15, -0.1) is 0 Å². The van der Waals surface area contributed by atoms with E-state index in [0.717, 1.165) is 6.42 Å². The second kappa shape index (κ2) is 1.22. The molecule has 1 fully saturated rings. The second-order valence-corrected chi connectivity index (χ2v) is 2.22. The summed E-state index contributed by atoms with van der Waals surface area (Å²) in [6, 6.07) is 0. The van der Waals surface area contributed by atoms with E-state index < -0.39 is 0 Å². The van der Waals surface area contributed by atoms with E-state index in [0.29, 0.717) is 5.92 Å². The molecule has 1 saturated carbocycles. The van der Waals surface area contributed by atoms with Crippen LogP contribution in [0.3, 0.4) is 0 Å². The molecule has 0 aliphatic heterocycles. The topological polar surface area (TPSA) is 43.1 Å². The van der Waals surface area contributed by atoms with Crippen LogP contribution in [0.25, 0.3) is 0 Å². The van der Waals surface area contributed by atoms with Gasteiger partial charge in [-0.05, 0) is 12.3 Å². The first kappa shape index (κ1) is 4.62. The minimum absolute atomic E-state index is 0.132. The molecular weight excluding hydrogens is 90.1 g/mol. The normalized spacial score (nSPS) is 37.9. The van der Waals surface area contributed by atoms with Crippen LogP contribution in [-0.4, -0.2) is 5.91 Å². The van der Waals surface area contributed by atoms with Crippen LogP contribution in [0.2, 0.25) is 0 Å². The minimum atomic E-state index is -0.132. The summed E-state index contributed by atoms with van der Waals surface area (Å²) in [5.41, 5.74) is 4.95. The van der Waals surface area contributed by atoms with Gasteiger partial charge < -0.3 is 5.73 Å². The molecule has 0 aromatic heterocycles. The van der Waals surface area contributed by atoms with Crippen LogP contribution < -0.4 is 5.73 Å². The molecule has 0 radical (unpaired) electrons. The molecular formula is C5H9NO. The van der Waals surface area contributed by atoms with Crippen molar-refractivity contribution in [1.82, 2.24) is 0 Å². The van der Waals surface area contributed by atoms with E-state index in [1.54, 1.807) is 0 Å². The smallest absolute Gasteiger partial charge is 0.220 e. The first-order chi connectivity index (χ1) is 3.22. The zero-order valence-corrected chi connectivity index (χ0v) is 4.35. The lowest BCUT2D eigenvalue weighted by molar-refractivity contribution is -0.119. The van der Waals surface area contributed by atoms with Gasteiger partial charge in [-0.2, -0.15) is 0 Å². The van der Waals surface area contributed by atoms with Gasteiger partial charge in [0.2, 0.25) is 5.91 Å². The van der Waals surface area contributed by atoms with Gasteiger partial charge >= 0.3 is 0 Å². The molecule has 1 amide bonds. The van der Waals surface area contributed by atoms with Crippen molar-refractivity contribution in [2.75, 3.05) is 0 Å². The highest BCUT2D eigenvalue weighted by atomic mass is 16.1. The lowest BCUT2D eigenvalue weighted by atomic mass is 10.3. The third-order valence-corrected chi connectivity index (χ3v) is 1.47. The molecule has 2 nitrogen and oxygen atoms in total. The van der Waals surface area contributed by atoms with Crippen molar-refractivity contribution in [3.63, 3.8) is 0 Å². The molecule has 1 aliphatic carbocycles. The monoisotopic (exact) mass is 99.1 g/mol. The van der Waals surface area contributed by atoms with Gasteiger partial charge in [0.05, 0.1) is 0 Å². The standard InChI is InChI=1S/C5H9NO/c1-3-2-4(3)5(6)7/h3-4H,2H2,1H3,(H2,6,7)/t3?,4-/m0/s1. The van der Waals surface area contributed by atoms with E-state index in [1.165, 1.54) is 0 Å². The van der Waals surface area contributed by atoms with Crippen molar-refractivity contribution in [2.24, 2.45) is 17.6 Å². The summed E-state index contributed by atoms with van der Waals surface area (Å²) in [4.78, 5) is 10.2. The molecule has 2 heteroatoms. The third kappa shape index (κ3) is 0.734. The van der Waals surface area contributed by atoms with Gasteiger partial charge in [-0.3, -0.25) is 4.79 Å². The van der Waals surface area contributed by atoms with Gasteiger partial charge in [-0.25, -0.2) is 0 Å². The molecule has 0 aromatic rings. The van der Waals surface area contributed by atoms with Gasteiger partial charge in [0.1, 0.15) is 0 Å². The predicted octanol–water partition coefficient (Wildman–Crippen LogP) is 0.128. The Morgan fingerprint density at radius 2 is 2.29 bits per heavy atom. The molecule has 0 bridgehead atoms. The number of amides is 1. The summed E-state index contributed by atoms with van der Waals surface area (Å²) in [7, 11) is 0. The van der Waals surface area contributed by atoms with E-state index in [9.17, 15) is 4.79 Å². The number of rotatable bonds is 1. The molecule has 2 N–H and O–H groups in total. The van der Waals surface area contributed by atoms with Crippen LogP contribution in [0.5, 0.6) is 0 Å². The molecule has 0 heterocycles. The molecule has 1 rings (SSSR count). The van der Waals surface area contributed by atoms with Gasteiger partial charge in [-0.1, -0.05) is 6.92 Å². The van der Waals surface area contributed by atoms with Crippen molar-refractivity contribution in [3.8, 4) is 0 Å². The first-order valence-corrected chi connectivity index (χ1v) is 2.51. The van der Waals surface area contributed by atoms with E-state index in [-0.39, 0.29) is 11.8 Å². The Kier molecular flexibility index (Phi) is 0.805. The summed E-state index contributed by atoms with van der Waals surface area (Å²) >= 11 is 0. The Hall–Kier alpha value is -0.530. The number of carbonyl (C=O) groups excluding carboxylic acids is 1. The maximum Gasteiger partial charge on any atom is 0.220 e. The lowest BCUT2D eigenvalue weighted by Crippen LogP contribution is -2.13. The van der Waals surface area contributed by atoms with Gasteiger partial charge in [0.25, 0.3) is 0 Å². The summed E-state index contributed by atoms with van der Waals surface area (Å²) in [5, 5.41) is 0. The summed E-state index contributed by atoms with van der Waals surface area (Å²) in [6.45, 7) is 2.04. The fourth-order valence-corrected chi connectivity index (χ4v) is 0.719. The first-order valence-electron chi connectivity index (χ1n) is 2.51. The molecule has 0 aromatic carbocycles. The number of hydrogen-bond donors (Lipinski definition) is 1. The SMILES string of the molecule is CC1C[C@@H]1C(N)=O. The molecule has 7 heavy (non-hydrogen) atoms. The van der Waals surface area contributed by atoms with Crippen molar-refractivity contribution >= 4 is 5.91 Å². The maximum absolute atomic E-state index is 10.2. The Bertz CT molecular complexity index is 100. The van der Waals surface area contributed by atoms with Crippen LogP contribution in [0.4, 0.5) is 0 Å². The van der Waals surface area contributed by atoms with E-state index in [4.69, 9.17) is 5.73 Å². The average molecular weight is 99.1 g/mol. The lowest BCUT2D eigenvalue weighted by Gasteiger charge is -1.81. The van der Waals surface area contributed by atoms with Gasteiger partial charge in [0.15, 0.2) is 0 Å².